The molecule has 1 aliphatic rings. The van der Waals surface area contributed by atoms with E-state index in [1.165, 1.54) is 4.90 Å². The van der Waals surface area contributed by atoms with Crippen molar-refractivity contribution in [1.82, 2.24) is 9.88 Å². The van der Waals surface area contributed by atoms with Crippen molar-refractivity contribution in [3.63, 3.8) is 0 Å². The zero-order valence-corrected chi connectivity index (χ0v) is 12.1. The van der Waals surface area contributed by atoms with E-state index in [-0.39, 0.29) is 6.10 Å². The molecule has 110 valence electrons. The number of rotatable bonds is 2. The van der Waals surface area contributed by atoms with Crippen molar-refractivity contribution in [2.24, 2.45) is 0 Å². The van der Waals surface area contributed by atoms with Gasteiger partial charge in [0.1, 0.15) is 11.9 Å². The van der Waals surface area contributed by atoms with Gasteiger partial charge in [0, 0.05) is 43.6 Å². The number of halogens is 1. The van der Waals surface area contributed by atoms with Gasteiger partial charge >= 0.3 is 6.09 Å². The van der Waals surface area contributed by atoms with Crippen LogP contribution in [0.4, 0.5) is 4.79 Å². The maximum Gasteiger partial charge on any atom is 0.407 e. The lowest BCUT2D eigenvalue weighted by Crippen LogP contribution is -2.41. The number of carbonyl (C=O) groups is 1. The predicted octanol–water partition coefficient (Wildman–Crippen LogP) is 3.41. The van der Waals surface area contributed by atoms with Crippen molar-refractivity contribution >= 4 is 28.6 Å². The first-order valence-electron chi connectivity index (χ1n) is 6.82. The first kappa shape index (κ1) is 13.9. The third-order valence-corrected chi connectivity index (χ3v) is 4.01. The van der Waals surface area contributed by atoms with Crippen LogP contribution in [0.1, 0.15) is 12.8 Å². The van der Waals surface area contributed by atoms with Gasteiger partial charge in [0.2, 0.25) is 0 Å². The predicted molar refractivity (Wildman–Crippen MR) is 80.0 cm³/mol. The minimum atomic E-state index is -0.863. The molecular weight excluding hydrogens is 292 g/mol. The van der Waals surface area contributed by atoms with Crippen molar-refractivity contribution in [2.45, 2.75) is 18.9 Å². The summed E-state index contributed by atoms with van der Waals surface area (Å²) in [6.45, 7) is 1.02. The van der Waals surface area contributed by atoms with Crippen LogP contribution in [0, 0.1) is 0 Å². The fraction of sp³-hybridized carbons (Fsp3) is 0.333. The summed E-state index contributed by atoms with van der Waals surface area (Å²) in [5, 5.41) is 10.5. The topological polar surface area (TPSA) is 62.7 Å². The number of pyridine rings is 1. The summed E-state index contributed by atoms with van der Waals surface area (Å²) in [4.78, 5) is 16.6. The third-order valence-electron chi connectivity index (χ3n) is 3.68. The summed E-state index contributed by atoms with van der Waals surface area (Å²) in [5.74, 6) is 0.742. The summed E-state index contributed by atoms with van der Waals surface area (Å²) in [7, 11) is 0. The zero-order chi connectivity index (χ0) is 14.8. The number of likely N-dealkylation sites (tertiary alicyclic amines) is 1. The van der Waals surface area contributed by atoms with Crippen molar-refractivity contribution in [2.75, 3.05) is 13.1 Å². The lowest BCUT2D eigenvalue weighted by atomic mass is 10.1. The van der Waals surface area contributed by atoms with Crippen LogP contribution < -0.4 is 4.74 Å². The van der Waals surface area contributed by atoms with Gasteiger partial charge < -0.3 is 14.7 Å². The molecule has 1 aromatic carbocycles. The monoisotopic (exact) mass is 306 g/mol. The summed E-state index contributed by atoms with van der Waals surface area (Å²) in [5.41, 5.74) is 0.794. The van der Waals surface area contributed by atoms with Crippen LogP contribution in [-0.2, 0) is 0 Å². The second-order valence-electron chi connectivity index (χ2n) is 5.06. The number of hydrogen-bond donors (Lipinski definition) is 1. The second-order valence-corrected chi connectivity index (χ2v) is 5.47. The Bertz CT molecular complexity index is 669. The van der Waals surface area contributed by atoms with Gasteiger partial charge in [-0.25, -0.2) is 4.79 Å². The van der Waals surface area contributed by atoms with Crippen LogP contribution in [0.3, 0.4) is 0 Å². The van der Waals surface area contributed by atoms with E-state index in [4.69, 9.17) is 21.4 Å². The van der Waals surface area contributed by atoms with Crippen molar-refractivity contribution in [1.29, 1.82) is 0 Å². The van der Waals surface area contributed by atoms with Gasteiger partial charge in [-0.3, -0.25) is 4.98 Å². The van der Waals surface area contributed by atoms with E-state index >= 15 is 0 Å². The van der Waals surface area contributed by atoms with Gasteiger partial charge in [-0.1, -0.05) is 11.6 Å². The molecule has 1 aliphatic heterocycles. The lowest BCUT2D eigenvalue weighted by Gasteiger charge is -2.30. The summed E-state index contributed by atoms with van der Waals surface area (Å²) < 4.78 is 5.93. The minimum absolute atomic E-state index is 0.0391. The van der Waals surface area contributed by atoms with Crippen LogP contribution >= 0.6 is 11.6 Å². The van der Waals surface area contributed by atoms with E-state index in [0.29, 0.717) is 31.0 Å². The van der Waals surface area contributed by atoms with E-state index in [9.17, 15) is 4.79 Å². The van der Waals surface area contributed by atoms with Crippen molar-refractivity contribution in [3.8, 4) is 5.75 Å². The minimum Gasteiger partial charge on any atom is -0.490 e. The fourth-order valence-corrected chi connectivity index (χ4v) is 2.74. The molecule has 0 saturated carbocycles. The van der Waals surface area contributed by atoms with Gasteiger partial charge in [0.15, 0.2) is 0 Å². The van der Waals surface area contributed by atoms with Crippen LogP contribution in [0.2, 0.25) is 5.02 Å². The molecule has 0 aliphatic carbocycles. The van der Waals surface area contributed by atoms with E-state index < -0.39 is 6.09 Å². The Balaban J connectivity index is 1.70. The summed E-state index contributed by atoms with van der Waals surface area (Å²) >= 11 is 6.11. The van der Waals surface area contributed by atoms with Crippen LogP contribution in [0.25, 0.3) is 10.9 Å². The number of aromatic nitrogens is 1. The molecule has 3 rings (SSSR count). The first-order valence-corrected chi connectivity index (χ1v) is 7.20. The Kier molecular flexibility index (Phi) is 3.84. The molecule has 0 atom stereocenters. The highest BCUT2D eigenvalue weighted by Crippen LogP contribution is 2.26. The third kappa shape index (κ3) is 3.03. The van der Waals surface area contributed by atoms with E-state index in [1.807, 2.05) is 18.2 Å². The Morgan fingerprint density at radius 3 is 2.81 bits per heavy atom. The van der Waals surface area contributed by atoms with Crippen molar-refractivity contribution < 1.29 is 14.6 Å². The zero-order valence-electron chi connectivity index (χ0n) is 11.3. The normalized spacial score (nSPS) is 16.1. The van der Waals surface area contributed by atoms with E-state index in [2.05, 4.69) is 4.98 Å². The molecule has 5 nitrogen and oxygen atoms in total. The number of carboxylic acid groups (broad SMARTS) is 1. The second kappa shape index (κ2) is 5.77. The highest BCUT2D eigenvalue weighted by Gasteiger charge is 2.23. The number of amides is 1. The van der Waals surface area contributed by atoms with E-state index in [0.717, 1.165) is 16.7 Å². The number of benzene rings is 1. The molecule has 2 aromatic rings. The summed E-state index contributed by atoms with van der Waals surface area (Å²) in [6.07, 6.45) is 2.25. The highest BCUT2D eigenvalue weighted by molar-refractivity contribution is 6.35. The highest BCUT2D eigenvalue weighted by atomic mass is 35.5. The number of nitrogens with zero attached hydrogens (tertiary/aromatic N) is 2. The van der Waals surface area contributed by atoms with Crippen LogP contribution in [-0.4, -0.2) is 40.3 Å². The number of ether oxygens (including phenoxy) is 1. The summed E-state index contributed by atoms with van der Waals surface area (Å²) in [6, 6.07) is 7.39. The van der Waals surface area contributed by atoms with Gasteiger partial charge in [-0.15, -0.1) is 0 Å². The Labute approximate surface area is 127 Å². The number of piperidine rings is 1. The number of hydrogen-bond acceptors (Lipinski definition) is 3. The van der Waals surface area contributed by atoms with Gasteiger partial charge in [0.25, 0.3) is 0 Å². The molecule has 2 heterocycles. The quantitative estimate of drug-likeness (QED) is 0.923. The molecule has 0 bridgehead atoms. The SMILES string of the molecule is O=C(O)N1CCC(Oc2ccc3c(Cl)ccnc3c2)CC1. The molecule has 0 unspecified atom stereocenters. The Morgan fingerprint density at radius 1 is 1.33 bits per heavy atom. The van der Waals surface area contributed by atoms with Crippen LogP contribution in [0.15, 0.2) is 30.5 Å². The first-order chi connectivity index (χ1) is 10.1. The van der Waals surface area contributed by atoms with E-state index in [1.54, 1.807) is 12.3 Å². The number of fused-ring (bicyclic) bond motifs is 1. The van der Waals surface area contributed by atoms with Crippen LogP contribution in [0.5, 0.6) is 5.75 Å². The molecular formula is C15H15ClN2O3. The van der Waals surface area contributed by atoms with Crippen molar-refractivity contribution in [3.05, 3.63) is 35.5 Å². The molecule has 1 aromatic heterocycles. The lowest BCUT2D eigenvalue weighted by molar-refractivity contribution is 0.0895. The smallest absolute Gasteiger partial charge is 0.407 e. The molecule has 21 heavy (non-hydrogen) atoms. The molecule has 1 fully saturated rings. The Morgan fingerprint density at radius 2 is 2.10 bits per heavy atom. The molecule has 1 N–H and O–H groups in total. The molecule has 0 spiro atoms. The Hall–Kier alpha value is -2.01. The van der Waals surface area contributed by atoms with Gasteiger partial charge in [-0.2, -0.15) is 0 Å². The molecule has 1 amide bonds. The average molecular weight is 307 g/mol. The maximum absolute atomic E-state index is 10.9. The molecule has 0 radical (unpaired) electrons. The largest absolute Gasteiger partial charge is 0.490 e. The van der Waals surface area contributed by atoms with Gasteiger partial charge in [0.05, 0.1) is 10.5 Å². The standard InChI is InChI=1S/C15H15ClN2O3/c16-13-3-6-17-14-9-11(1-2-12(13)14)21-10-4-7-18(8-5-10)15(19)20/h1-3,6,9-10H,4-5,7-8H2,(H,19,20). The molecule has 6 heteroatoms. The maximum atomic E-state index is 10.9. The molecule has 1 saturated heterocycles. The van der Waals surface area contributed by atoms with Gasteiger partial charge in [-0.05, 0) is 18.2 Å². The average Bonchev–Trinajstić information content (AvgIpc) is 2.48. The fourth-order valence-electron chi connectivity index (χ4n) is 2.52.